The summed E-state index contributed by atoms with van der Waals surface area (Å²) in [6.07, 6.45) is 0. The van der Waals surface area contributed by atoms with E-state index in [1.807, 2.05) is 0 Å². The molecule has 2 nitrogen and oxygen atoms in total. The van der Waals surface area contributed by atoms with Crippen LogP contribution in [0.5, 0.6) is 0 Å². The molecule has 0 amide bonds. The maximum Gasteiger partial charge on any atom is 0.341 e. The fourth-order valence-electron chi connectivity index (χ4n) is 1.78. The van der Waals surface area contributed by atoms with E-state index in [0.717, 1.165) is 0 Å². The molecular formula is C15H11Cl2FO2. The molecule has 0 saturated carbocycles. The Labute approximate surface area is 126 Å². The standard InChI is InChI=1S/C15H11Cl2FO2/c1-2-20-15(19)12-7-9(3-6-14(12)18)11-8-10(16)4-5-13(11)17/h3-8H,2H2,1H3. The number of hydrogen-bond donors (Lipinski definition) is 0. The Balaban J connectivity index is 2.51. The van der Waals surface area contributed by atoms with Crippen molar-refractivity contribution in [2.45, 2.75) is 6.92 Å². The van der Waals surface area contributed by atoms with Gasteiger partial charge in [-0.3, -0.25) is 0 Å². The zero-order valence-electron chi connectivity index (χ0n) is 10.6. The fraction of sp³-hybridized carbons (Fsp3) is 0.133. The van der Waals surface area contributed by atoms with Crippen LogP contribution in [-0.2, 0) is 4.74 Å². The predicted octanol–water partition coefficient (Wildman–Crippen LogP) is 4.98. The Kier molecular flexibility index (Phi) is 4.63. The summed E-state index contributed by atoms with van der Waals surface area (Å²) in [4.78, 5) is 11.7. The van der Waals surface area contributed by atoms with Crippen LogP contribution in [0.2, 0.25) is 10.0 Å². The lowest BCUT2D eigenvalue weighted by atomic mass is 10.0. The first-order chi connectivity index (χ1) is 9.52. The highest BCUT2D eigenvalue weighted by Gasteiger charge is 2.15. The van der Waals surface area contributed by atoms with Gasteiger partial charge in [0.15, 0.2) is 0 Å². The molecule has 104 valence electrons. The van der Waals surface area contributed by atoms with Gasteiger partial charge in [-0.2, -0.15) is 0 Å². The van der Waals surface area contributed by atoms with Crippen molar-refractivity contribution >= 4 is 29.2 Å². The minimum absolute atomic E-state index is 0.125. The normalized spacial score (nSPS) is 10.4. The molecule has 0 aliphatic carbocycles. The molecule has 2 aromatic carbocycles. The molecule has 0 unspecified atom stereocenters. The number of rotatable bonds is 3. The third-order valence-electron chi connectivity index (χ3n) is 2.70. The van der Waals surface area contributed by atoms with Crippen molar-refractivity contribution in [2.24, 2.45) is 0 Å². The Hall–Kier alpha value is -1.58. The maximum absolute atomic E-state index is 13.7. The molecule has 2 rings (SSSR count). The lowest BCUT2D eigenvalue weighted by Crippen LogP contribution is -2.07. The molecular weight excluding hydrogens is 302 g/mol. The number of hydrogen-bond acceptors (Lipinski definition) is 2. The van der Waals surface area contributed by atoms with Crippen LogP contribution in [0.4, 0.5) is 4.39 Å². The monoisotopic (exact) mass is 312 g/mol. The Morgan fingerprint density at radius 2 is 1.95 bits per heavy atom. The summed E-state index contributed by atoms with van der Waals surface area (Å²) in [6, 6.07) is 9.11. The summed E-state index contributed by atoms with van der Waals surface area (Å²) in [7, 11) is 0. The van der Waals surface area contributed by atoms with Crippen molar-refractivity contribution in [3.63, 3.8) is 0 Å². The molecule has 0 bridgehead atoms. The van der Waals surface area contributed by atoms with E-state index in [1.165, 1.54) is 18.2 Å². The molecule has 5 heteroatoms. The largest absolute Gasteiger partial charge is 0.462 e. The highest BCUT2D eigenvalue weighted by molar-refractivity contribution is 6.35. The molecule has 0 N–H and O–H groups in total. The molecule has 0 saturated heterocycles. The quantitative estimate of drug-likeness (QED) is 0.747. The van der Waals surface area contributed by atoms with Crippen molar-refractivity contribution in [3.05, 3.63) is 57.8 Å². The zero-order valence-corrected chi connectivity index (χ0v) is 12.1. The first-order valence-electron chi connectivity index (χ1n) is 5.95. The van der Waals surface area contributed by atoms with Gasteiger partial charge < -0.3 is 4.74 Å². The SMILES string of the molecule is CCOC(=O)c1cc(-c2cc(Cl)ccc2Cl)ccc1F. The van der Waals surface area contributed by atoms with Crippen LogP contribution in [-0.4, -0.2) is 12.6 Å². The Bertz CT molecular complexity index is 656. The average molecular weight is 313 g/mol. The number of carbonyl (C=O) groups excluding carboxylic acids is 1. The van der Waals surface area contributed by atoms with Crippen LogP contribution in [0.1, 0.15) is 17.3 Å². The Morgan fingerprint density at radius 3 is 2.65 bits per heavy atom. The summed E-state index contributed by atoms with van der Waals surface area (Å²) < 4.78 is 18.5. The van der Waals surface area contributed by atoms with Crippen molar-refractivity contribution in [3.8, 4) is 11.1 Å². The van der Waals surface area contributed by atoms with Crippen LogP contribution < -0.4 is 0 Å². The van der Waals surface area contributed by atoms with Gasteiger partial charge in [0.25, 0.3) is 0 Å². The number of esters is 1. The van der Waals surface area contributed by atoms with Gasteiger partial charge in [0.05, 0.1) is 12.2 Å². The summed E-state index contributed by atoms with van der Waals surface area (Å²) in [5, 5.41) is 0.974. The zero-order chi connectivity index (χ0) is 14.7. The molecule has 0 radical (unpaired) electrons. The number of benzene rings is 2. The molecule has 2 aromatic rings. The molecule has 0 aliphatic rings. The average Bonchev–Trinajstić information content (AvgIpc) is 2.42. The molecule has 0 aliphatic heterocycles. The van der Waals surface area contributed by atoms with Gasteiger partial charge in [-0.25, -0.2) is 9.18 Å². The van der Waals surface area contributed by atoms with Crippen LogP contribution in [0.25, 0.3) is 11.1 Å². The molecule has 20 heavy (non-hydrogen) atoms. The van der Waals surface area contributed by atoms with Gasteiger partial charge in [-0.1, -0.05) is 29.3 Å². The smallest absolute Gasteiger partial charge is 0.341 e. The highest BCUT2D eigenvalue weighted by Crippen LogP contribution is 2.31. The third-order valence-corrected chi connectivity index (χ3v) is 3.27. The van der Waals surface area contributed by atoms with Gasteiger partial charge in [-0.15, -0.1) is 0 Å². The highest BCUT2D eigenvalue weighted by atomic mass is 35.5. The number of halogens is 3. The van der Waals surface area contributed by atoms with E-state index in [4.69, 9.17) is 27.9 Å². The maximum atomic E-state index is 13.7. The van der Waals surface area contributed by atoms with E-state index in [1.54, 1.807) is 25.1 Å². The van der Waals surface area contributed by atoms with Crippen molar-refractivity contribution in [1.82, 2.24) is 0 Å². The predicted molar refractivity (Wildman–Crippen MR) is 77.8 cm³/mol. The molecule has 0 spiro atoms. The van der Waals surface area contributed by atoms with E-state index < -0.39 is 11.8 Å². The first-order valence-corrected chi connectivity index (χ1v) is 6.70. The number of ether oxygens (including phenoxy) is 1. The summed E-state index contributed by atoms with van der Waals surface area (Å²) in [6.45, 7) is 1.84. The van der Waals surface area contributed by atoms with Gasteiger partial charge in [0.2, 0.25) is 0 Å². The number of carbonyl (C=O) groups is 1. The topological polar surface area (TPSA) is 26.3 Å². The van der Waals surface area contributed by atoms with Gasteiger partial charge in [0, 0.05) is 15.6 Å². The second kappa shape index (κ2) is 6.25. The minimum atomic E-state index is -0.704. The van der Waals surface area contributed by atoms with Crippen LogP contribution in [0.3, 0.4) is 0 Å². The van der Waals surface area contributed by atoms with Crippen molar-refractivity contribution in [1.29, 1.82) is 0 Å². The molecule has 0 atom stereocenters. The second-order valence-corrected chi connectivity index (χ2v) is 4.88. The van der Waals surface area contributed by atoms with Gasteiger partial charge in [-0.05, 0) is 42.8 Å². The van der Waals surface area contributed by atoms with Crippen molar-refractivity contribution in [2.75, 3.05) is 6.61 Å². The minimum Gasteiger partial charge on any atom is -0.462 e. The third kappa shape index (κ3) is 3.11. The fourth-order valence-corrected chi connectivity index (χ4v) is 2.18. The van der Waals surface area contributed by atoms with Gasteiger partial charge >= 0.3 is 5.97 Å². The lowest BCUT2D eigenvalue weighted by molar-refractivity contribution is 0.0521. The molecule has 0 aromatic heterocycles. The molecule has 0 heterocycles. The van der Waals surface area contributed by atoms with Crippen molar-refractivity contribution < 1.29 is 13.9 Å². The van der Waals surface area contributed by atoms with Crippen LogP contribution in [0, 0.1) is 5.82 Å². The molecule has 0 fully saturated rings. The van der Waals surface area contributed by atoms with E-state index in [9.17, 15) is 9.18 Å². The van der Waals surface area contributed by atoms with E-state index >= 15 is 0 Å². The van der Waals surface area contributed by atoms with E-state index in [2.05, 4.69) is 0 Å². The summed E-state index contributed by atoms with van der Waals surface area (Å²) in [5.74, 6) is -1.34. The summed E-state index contributed by atoms with van der Waals surface area (Å²) >= 11 is 12.0. The van der Waals surface area contributed by atoms with Crippen LogP contribution >= 0.6 is 23.2 Å². The first kappa shape index (κ1) is 14.8. The van der Waals surface area contributed by atoms with E-state index in [-0.39, 0.29) is 12.2 Å². The Morgan fingerprint density at radius 1 is 1.20 bits per heavy atom. The summed E-state index contributed by atoms with van der Waals surface area (Å²) in [5.41, 5.74) is 1.10. The lowest BCUT2D eigenvalue weighted by Gasteiger charge is -2.08. The van der Waals surface area contributed by atoms with Gasteiger partial charge in [0.1, 0.15) is 5.82 Å². The second-order valence-electron chi connectivity index (χ2n) is 4.04. The van der Waals surface area contributed by atoms with E-state index in [0.29, 0.717) is 21.2 Å². The van der Waals surface area contributed by atoms with Crippen LogP contribution in [0.15, 0.2) is 36.4 Å².